The average Bonchev–Trinajstić information content (AvgIpc) is 3.16. The molecule has 8 heteroatoms. The zero-order chi connectivity index (χ0) is 19.2. The molecule has 0 radical (unpaired) electrons. The van der Waals surface area contributed by atoms with Gasteiger partial charge in [0.25, 0.3) is 5.91 Å². The van der Waals surface area contributed by atoms with Crippen molar-refractivity contribution >= 4 is 18.3 Å². The van der Waals surface area contributed by atoms with Gasteiger partial charge in [-0.05, 0) is 57.0 Å². The third-order valence-electron chi connectivity index (χ3n) is 4.56. The maximum atomic E-state index is 12.4. The Kier molecular flexibility index (Phi) is 8.29. The topological polar surface area (TPSA) is 88.4 Å². The van der Waals surface area contributed by atoms with E-state index >= 15 is 0 Å². The van der Waals surface area contributed by atoms with E-state index < -0.39 is 6.10 Å². The number of hydrogen-bond acceptors (Lipinski definition) is 5. The van der Waals surface area contributed by atoms with Gasteiger partial charge in [0.2, 0.25) is 0 Å². The molecule has 2 heterocycles. The van der Waals surface area contributed by atoms with Crippen LogP contribution in [0, 0.1) is 0 Å². The van der Waals surface area contributed by atoms with Crippen molar-refractivity contribution in [2.24, 2.45) is 0 Å². The maximum Gasteiger partial charge on any atom is 0.271 e. The summed E-state index contributed by atoms with van der Waals surface area (Å²) in [4.78, 5) is 12.4. The highest BCUT2D eigenvalue weighted by molar-refractivity contribution is 5.92. The first-order valence-corrected chi connectivity index (χ1v) is 9.51. The summed E-state index contributed by atoms with van der Waals surface area (Å²) in [6, 6.07) is 9.29. The first-order valence-electron chi connectivity index (χ1n) is 9.51. The minimum absolute atomic E-state index is 0. The second kappa shape index (κ2) is 10.5. The normalized spacial score (nSPS) is 17.6. The number of amides is 1. The number of aliphatic hydroxyl groups is 1. The zero-order valence-electron chi connectivity index (χ0n) is 16.3. The summed E-state index contributed by atoms with van der Waals surface area (Å²) in [5.41, 5.74) is 1.07. The van der Waals surface area contributed by atoms with Crippen LogP contribution in [0.15, 0.2) is 36.5 Å². The third-order valence-corrected chi connectivity index (χ3v) is 4.56. The lowest BCUT2D eigenvalue weighted by molar-refractivity contribution is 0.0910. The predicted molar refractivity (Wildman–Crippen MR) is 110 cm³/mol. The molecule has 2 atom stereocenters. The number of carbonyl (C=O) groups is 1. The fraction of sp³-hybridized carbons (Fsp3) is 0.500. The van der Waals surface area contributed by atoms with Crippen molar-refractivity contribution in [2.45, 2.75) is 44.9 Å². The van der Waals surface area contributed by atoms with Crippen LogP contribution in [-0.2, 0) is 0 Å². The van der Waals surface area contributed by atoms with Crippen molar-refractivity contribution in [1.29, 1.82) is 0 Å². The number of hydrogen-bond donors (Lipinski definition) is 3. The lowest BCUT2D eigenvalue weighted by Gasteiger charge is -2.22. The Balaban J connectivity index is 0.00000280. The first-order chi connectivity index (χ1) is 13.0. The van der Waals surface area contributed by atoms with Crippen LogP contribution < -0.4 is 15.4 Å². The van der Waals surface area contributed by atoms with Crippen LogP contribution in [0.1, 0.15) is 54.9 Å². The molecular weight excluding hydrogens is 380 g/mol. The van der Waals surface area contributed by atoms with Gasteiger partial charge in [-0.2, -0.15) is 5.10 Å². The van der Waals surface area contributed by atoms with Crippen LogP contribution in [-0.4, -0.2) is 46.5 Å². The molecule has 3 N–H and O–H groups in total. The molecule has 1 aromatic heterocycles. The molecule has 3 rings (SSSR count). The number of carbonyl (C=O) groups excluding carboxylic acids is 1. The van der Waals surface area contributed by atoms with Gasteiger partial charge in [-0.15, -0.1) is 12.4 Å². The molecule has 2 aromatic rings. The van der Waals surface area contributed by atoms with E-state index in [4.69, 9.17) is 4.74 Å². The van der Waals surface area contributed by atoms with Crippen molar-refractivity contribution in [2.75, 3.05) is 19.6 Å². The summed E-state index contributed by atoms with van der Waals surface area (Å²) in [5, 5.41) is 20.9. The standard InChI is InChI=1S/C20H28N4O3.ClH/c1-14(2)27-17-7-3-5-15(11-17)19(25)13-22-20(26)18-8-10-24(23-18)16-6-4-9-21-12-16;/h3,5,7-8,10-11,14,16,19,21,25H,4,6,9,12-13H2,1-2H3,(H,22,26);1H. The molecule has 1 saturated heterocycles. The summed E-state index contributed by atoms with van der Waals surface area (Å²) in [6.45, 7) is 5.92. The summed E-state index contributed by atoms with van der Waals surface area (Å²) >= 11 is 0. The van der Waals surface area contributed by atoms with E-state index in [1.807, 2.05) is 42.9 Å². The van der Waals surface area contributed by atoms with E-state index in [9.17, 15) is 9.90 Å². The van der Waals surface area contributed by atoms with Crippen LogP contribution in [0.2, 0.25) is 0 Å². The van der Waals surface area contributed by atoms with Gasteiger partial charge in [0, 0.05) is 19.3 Å². The van der Waals surface area contributed by atoms with E-state index in [0.29, 0.717) is 17.0 Å². The third kappa shape index (κ3) is 5.95. The molecule has 28 heavy (non-hydrogen) atoms. The Labute approximate surface area is 171 Å². The fourth-order valence-electron chi connectivity index (χ4n) is 3.19. The summed E-state index contributed by atoms with van der Waals surface area (Å²) in [6.07, 6.45) is 3.26. The Hall–Kier alpha value is -2.09. The zero-order valence-corrected chi connectivity index (χ0v) is 17.1. The molecule has 154 valence electrons. The molecule has 1 amide bonds. The van der Waals surface area contributed by atoms with Crippen LogP contribution >= 0.6 is 12.4 Å². The van der Waals surface area contributed by atoms with E-state index in [2.05, 4.69) is 15.7 Å². The first kappa shape index (κ1) is 22.2. The van der Waals surface area contributed by atoms with E-state index in [1.54, 1.807) is 12.1 Å². The van der Waals surface area contributed by atoms with E-state index in [1.165, 1.54) is 0 Å². The molecule has 0 aliphatic carbocycles. The second-order valence-electron chi connectivity index (χ2n) is 7.15. The van der Waals surface area contributed by atoms with Crippen molar-refractivity contribution in [3.63, 3.8) is 0 Å². The number of piperidine rings is 1. The number of benzene rings is 1. The second-order valence-corrected chi connectivity index (χ2v) is 7.15. The van der Waals surface area contributed by atoms with E-state index in [0.717, 1.165) is 25.9 Å². The lowest BCUT2D eigenvalue weighted by Crippen LogP contribution is -2.32. The quantitative estimate of drug-likeness (QED) is 0.655. The minimum atomic E-state index is -0.811. The number of aromatic nitrogens is 2. The van der Waals surface area contributed by atoms with Crippen molar-refractivity contribution in [3.8, 4) is 5.75 Å². The summed E-state index contributed by atoms with van der Waals surface area (Å²) < 4.78 is 7.50. The Morgan fingerprint density at radius 3 is 2.96 bits per heavy atom. The maximum absolute atomic E-state index is 12.4. The van der Waals surface area contributed by atoms with Crippen LogP contribution in [0.4, 0.5) is 0 Å². The van der Waals surface area contributed by atoms with Gasteiger partial charge in [0.15, 0.2) is 0 Å². The summed E-state index contributed by atoms with van der Waals surface area (Å²) in [5.74, 6) is 0.416. The Morgan fingerprint density at radius 2 is 2.25 bits per heavy atom. The molecule has 0 spiro atoms. The molecule has 1 aliphatic heterocycles. The molecular formula is C20H29ClN4O3. The number of aliphatic hydroxyl groups excluding tert-OH is 1. The minimum Gasteiger partial charge on any atom is -0.491 e. The monoisotopic (exact) mass is 408 g/mol. The Morgan fingerprint density at radius 1 is 1.43 bits per heavy atom. The number of rotatable bonds is 7. The van der Waals surface area contributed by atoms with Gasteiger partial charge in [-0.3, -0.25) is 9.48 Å². The van der Waals surface area contributed by atoms with Crippen LogP contribution in [0.25, 0.3) is 0 Å². The number of nitrogens with one attached hydrogen (secondary N) is 2. The van der Waals surface area contributed by atoms with Crippen LogP contribution in [0.5, 0.6) is 5.75 Å². The highest BCUT2D eigenvalue weighted by atomic mass is 35.5. The fourth-order valence-corrected chi connectivity index (χ4v) is 3.19. The molecule has 2 unspecified atom stereocenters. The Bertz CT molecular complexity index is 759. The van der Waals surface area contributed by atoms with Gasteiger partial charge >= 0.3 is 0 Å². The van der Waals surface area contributed by atoms with Gasteiger partial charge in [-0.1, -0.05) is 12.1 Å². The van der Waals surface area contributed by atoms with Gasteiger partial charge in [-0.25, -0.2) is 0 Å². The predicted octanol–water partition coefficient (Wildman–Crippen LogP) is 2.48. The van der Waals surface area contributed by atoms with Crippen molar-refractivity contribution in [1.82, 2.24) is 20.4 Å². The summed E-state index contributed by atoms with van der Waals surface area (Å²) in [7, 11) is 0. The largest absolute Gasteiger partial charge is 0.491 e. The van der Waals surface area contributed by atoms with Crippen molar-refractivity contribution < 1.29 is 14.6 Å². The molecule has 1 aromatic carbocycles. The highest BCUT2D eigenvalue weighted by Crippen LogP contribution is 2.20. The lowest BCUT2D eigenvalue weighted by atomic mass is 10.1. The van der Waals surface area contributed by atoms with Gasteiger partial charge in [0.05, 0.1) is 18.2 Å². The number of ether oxygens (including phenoxy) is 1. The molecule has 7 nitrogen and oxygen atoms in total. The smallest absolute Gasteiger partial charge is 0.271 e. The molecule has 0 saturated carbocycles. The van der Waals surface area contributed by atoms with Crippen molar-refractivity contribution in [3.05, 3.63) is 47.8 Å². The highest BCUT2D eigenvalue weighted by Gasteiger charge is 2.18. The van der Waals surface area contributed by atoms with Gasteiger partial charge < -0.3 is 20.5 Å². The van der Waals surface area contributed by atoms with E-state index in [-0.39, 0.29) is 37.0 Å². The molecule has 1 aliphatic rings. The number of nitrogens with zero attached hydrogens (tertiary/aromatic N) is 2. The SMILES string of the molecule is CC(C)Oc1cccc(C(O)CNC(=O)c2ccn(C3CCCNC3)n2)c1.Cl. The van der Waals surface area contributed by atoms with Gasteiger partial charge in [0.1, 0.15) is 11.4 Å². The average molecular weight is 409 g/mol. The molecule has 0 bridgehead atoms. The van der Waals surface area contributed by atoms with Crippen LogP contribution in [0.3, 0.4) is 0 Å². The molecule has 1 fully saturated rings. The number of halogens is 1.